The largest absolute Gasteiger partial charge is 2.00 e. The zero-order valence-electron chi connectivity index (χ0n) is 5.79. The van der Waals surface area contributed by atoms with E-state index < -0.39 is 0 Å². The Hall–Kier alpha value is 0.753. The van der Waals surface area contributed by atoms with Gasteiger partial charge < -0.3 is 31.7 Å². The van der Waals surface area contributed by atoms with Crippen LogP contribution in [0.4, 0.5) is 0 Å². The van der Waals surface area contributed by atoms with Crippen LogP contribution in [0.3, 0.4) is 0 Å². The Morgan fingerprint density at radius 2 is 1.78 bits per heavy atom. The number of hydrogen-bond donors (Lipinski definition) is 0. The molecule has 0 aromatic carbocycles. The van der Waals surface area contributed by atoms with Crippen molar-refractivity contribution in [2.45, 2.75) is 13.8 Å². The second-order valence-electron chi connectivity index (χ2n) is 0.648. The molecule has 0 saturated heterocycles. The quantitative estimate of drug-likeness (QED) is 0.511. The van der Waals surface area contributed by atoms with Crippen molar-refractivity contribution in [3.05, 3.63) is 31.7 Å². The van der Waals surface area contributed by atoms with Gasteiger partial charge in [-0.3, -0.25) is 0 Å². The Labute approximate surface area is 85.0 Å². The first-order valence-electron chi connectivity index (χ1n) is 2.16. The molecule has 0 N–H and O–H groups in total. The van der Waals surface area contributed by atoms with Crippen LogP contribution >= 0.6 is 0 Å². The maximum atomic E-state index is 4.90. The maximum absolute atomic E-state index is 4.90. The van der Waals surface area contributed by atoms with Gasteiger partial charge in [0.05, 0.1) is 0 Å². The molecule has 51 valence electrons. The Bertz CT molecular complexity index is 50.9. The van der Waals surface area contributed by atoms with Crippen molar-refractivity contribution in [1.82, 2.24) is 0 Å². The van der Waals surface area contributed by atoms with E-state index in [-0.39, 0.29) is 39.6 Å². The SMILES string of the molecule is [CH-]=CC=[C-]C.[CH2-]C.[V].[W+2]. The van der Waals surface area contributed by atoms with Crippen molar-refractivity contribution >= 4 is 0 Å². The topological polar surface area (TPSA) is 0 Å². The van der Waals surface area contributed by atoms with Gasteiger partial charge in [-0.25, -0.2) is 0 Å². The summed E-state index contributed by atoms with van der Waals surface area (Å²) in [4.78, 5) is 0. The first-order valence-corrected chi connectivity index (χ1v) is 2.16. The zero-order chi connectivity index (χ0) is 6.12. The summed E-state index contributed by atoms with van der Waals surface area (Å²) >= 11 is 0. The third kappa shape index (κ3) is 52.7. The molecule has 0 aromatic heterocycles. The summed E-state index contributed by atoms with van der Waals surface area (Å²) in [5.74, 6) is 0. The summed E-state index contributed by atoms with van der Waals surface area (Å²) in [6.07, 6.45) is 5.81. The predicted octanol–water partition coefficient (Wildman–Crippen LogP) is 2.19. The molecule has 0 amide bonds. The van der Waals surface area contributed by atoms with E-state index in [0.717, 1.165) is 0 Å². The molecule has 0 aliphatic heterocycles. The molecule has 0 aromatic rings. The smallest absolute Gasteiger partial charge is 0.394 e. The van der Waals surface area contributed by atoms with E-state index in [4.69, 9.17) is 6.58 Å². The number of allylic oxidation sites excluding steroid dienone is 3. The molecule has 0 bridgehead atoms. The van der Waals surface area contributed by atoms with E-state index in [1.54, 1.807) is 19.9 Å². The summed E-state index contributed by atoms with van der Waals surface area (Å²) in [7, 11) is 0. The van der Waals surface area contributed by atoms with Gasteiger partial charge in [0.1, 0.15) is 0 Å². The fraction of sp³-hybridized carbons (Fsp3) is 0.286. The molecule has 0 fully saturated rings. The molecule has 0 saturated carbocycles. The van der Waals surface area contributed by atoms with Crippen LogP contribution in [0.5, 0.6) is 0 Å². The molecule has 0 aliphatic rings. The molecule has 0 rings (SSSR count). The van der Waals surface area contributed by atoms with Gasteiger partial charge in [0.15, 0.2) is 0 Å². The number of hydrogen-bond acceptors (Lipinski definition) is 0. The van der Waals surface area contributed by atoms with Gasteiger partial charge in [-0.2, -0.15) is 6.92 Å². The molecular formula is C7H11VW-. The Kier molecular flexibility index (Phi) is 93.7. The second-order valence-corrected chi connectivity index (χ2v) is 0.648. The summed E-state index contributed by atoms with van der Waals surface area (Å²) in [5, 5.41) is 0. The fourth-order valence-electron chi connectivity index (χ4n) is 0.0962. The Morgan fingerprint density at radius 3 is 1.78 bits per heavy atom. The van der Waals surface area contributed by atoms with Crippen molar-refractivity contribution in [3.8, 4) is 0 Å². The maximum Gasteiger partial charge on any atom is 2.00 e. The van der Waals surface area contributed by atoms with E-state index in [2.05, 4.69) is 13.0 Å². The number of rotatable bonds is 1. The van der Waals surface area contributed by atoms with Crippen LogP contribution in [0.25, 0.3) is 0 Å². The normalized spacial score (nSPS) is 5.67. The summed E-state index contributed by atoms with van der Waals surface area (Å²) in [6, 6.07) is 0. The zero-order valence-corrected chi connectivity index (χ0v) is 10.1. The van der Waals surface area contributed by atoms with Crippen LogP contribution in [-0.4, -0.2) is 0 Å². The second kappa shape index (κ2) is 37.4. The third-order valence-corrected chi connectivity index (χ3v) is 0.263. The summed E-state index contributed by atoms with van der Waals surface area (Å²) in [5.41, 5.74) is 0. The molecule has 0 aliphatic carbocycles. The average Bonchev–Trinajstić information content (AvgIpc) is 1.75. The van der Waals surface area contributed by atoms with Crippen molar-refractivity contribution < 1.29 is 39.6 Å². The molecule has 0 heterocycles. The van der Waals surface area contributed by atoms with Crippen molar-refractivity contribution in [2.75, 3.05) is 0 Å². The fourth-order valence-corrected chi connectivity index (χ4v) is 0.0962. The van der Waals surface area contributed by atoms with E-state index in [0.29, 0.717) is 0 Å². The molecular weight excluding hydrogens is 319 g/mol. The van der Waals surface area contributed by atoms with Crippen LogP contribution in [0.1, 0.15) is 13.8 Å². The molecule has 2 heteroatoms. The van der Waals surface area contributed by atoms with E-state index in [1.165, 1.54) is 6.08 Å². The summed E-state index contributed by atoms with van der Waals surface area (Å²) < 4.78 is 0. The molecule has 1 radical (unpaired) electrons. The molecule has 0 unspecified atom stereocenters. The van der Waals surface area contributed by atoms with Crippen LogP contribution in [0.15, 0.2) is 12.2 Å². The van der Waals surface area contributed by atoms with Gasteiger partial charge in [0.25, 0.3) is 0 Å². The average molecular weight is 330 g/mol. The van der Waals surface area contributed by atoms with Crippen molar-refractivity contribution in [3.63, 3.8) is 0 Å². The first kappa shape index (κ1) is 22.6. The van der Waals surface area contributed by atoms with Gasteiger partial charge in [-0.1, -0.05) is 0 Å². The minimum Gasteiger partial charge on any atom is -0.394 e. The summed E-state index contributed by atoms with van der Waals surface area (Å²) in [6.45, 7) is 11.7. The molecule has 0 atom stereocenters. The predicted molar refractivity (Wildman–Crippen MR) is 33.4 cm³/mol. The molecule has 9 heavy (non-hydrogen) atoms. The third-order valence-electron chi connectivity index (χ3n) is 0.263. The van der Waals surface area contributed by atoms with Crippen LogP contribution in [0, 0.1) is 19.6 Å². The van der Waals surface area contributed by atoms with Gasteiger partial charge in [-0.05, 0) is 0 Å². The van der Waals surface area contributed by atoms with Crippen LogP contribution < -0.4 is 0 Å². The van der Waals surface area contributed by atoms with Gasteiger partial charge in [0.2, 0.25) is 0 Å². The van der Waals surface area contributed by atoms with E-state index in [9.17, 15) is 0 Å². The minimum atomic E-state index is 0. The van der Waals surface area contributed by atoms with Crippen LogP contribution in [0.2, 0.25) is 0 Å². The molecule has 0 spiro atoms. The van der Waals surface area contributed by atoms with Crippen LogP contribution in [-0.2, 0) is 39.6 Å². The van der Waals surface area contributed by atoms with E-state index in [1.807, 2.05) is 0 Å². The van der Waals surface area contributed by atoms with Crippen molar-refractivity contribution in [1.29, 1.82) is 0 Å². The first-order chi connectivity index (χ1) is 3.41. The van der Waals surface area contributed by atoms with Crippen molar-refractivity contribution in [2.24, 2.45) is 0 Å². The Morgan fingerprint density at radius 1 is 1.44 bits per heavy atom. The standard InChI is InChI=1S/C5H6.C2H5.V.W/c1-3-5-4-2;1-2;;/h1,3,5H,2H3;1H2,2H3;;/q-2;-1;;+2. The monoisotopic (exact) mass is 330 g/mol. The van der Waals surface area contributed by atoms with Gasteiger partial charge >= 0.3 is 21.1 Å². The minimum absolute atomic E-state index is 0. The van der Waals surface area contributed by atoms with Gasteiger partial charge in [0, 0.05) is 18.6 Å². The van der Waals surface area contributed by atoms with E-state index >= 15 is 0 Å². The van der Waals surface area contributed by atoms with Gasteiger partial charge in [-0.15, -0.1) is 6.92 Å². The Balaban J connectivity index is -0.0000000286. The molecule has 0 nitrogen and oxygen atoms in total.